The molecule has 8 nitrogen and oxygen atoms in total. The quantitative estimate of drug-likeness (QED) is 0.281. The first kappa shape index (κ1) is 29.3. The van der Waals surface area contributed by atoms with Gasteiger partial charge in [-0.1, -0.05) is 23.2 Å². The zero-order valence-corrected chi connectivity index (χ0v) is 25.8. The Morgan fingerprint density at radius 1 is 0.925 bits per heavy atom. The number of halogens is 2. The van der Waals surface area contributed by atoms with Crippen LogP contribution < -0.4 is 9.64 Å². The van der Waals surface area contributed by atoms with Crippen molar-refractivity contribution in [3.05, 3.63) is 58.3 Å². The number of rotatable bonds is 8. The van der Waals surface area contributed by atoms with E-state index in [1.807, 2.05) is 31.5 Å². The van der Waals surface area contributed by atoms with Gasteiger partial charge in [-0.05, 0) is 82.1 Å². The van der Waals surface area contributed by atoms with Crippen LogP contribution in [0.2, 0.25) is 10.0 Å². The Balaban J connectivity index is 1.34. The largest absolute Gasteiger partial charge is 0.436 e. The highest BCUT2D eigenvalue weighted by molar-refractivity contribution is 7.62. The van der Waals surface area contributed by atoms with E-state index in [0.29, 0.717) is 33.5 Å². The molecule has 0 bridgehead atoms. The summed E-state index contributed by atoms with van der Waals surface area (Å²) >= 11 is 12.6. The summed E-state index contributed by atoms with van der Waals surface area (Å²) in [6.07, 6.45) is 6.37. The second-order valence-electron chi connectivity index (χ2n) is 11.4. The van der Waals surface area contributed by atoms with Crippen molar-refractivity contribution in [2.75, 3.05) is 70.7 Å². The molecule has 3 aromatic rings. The van der Waals surface area contributed by atoms with E-state index in [1.54, 1.807) is 18.5 Å². The van der Waals surface area contributed by atoms with Gasteiger partial charge in [0.2, 0.25) is 11.8 Å². The zero-order chi connectivity index (χ0) is 28.3. The Morgan fingerprint density at radius 3 is 2.20 bits per heavy atom. The molecule has 1 aromatic carbocycles. The van der Waals surface area contributed by atoms with Crippen molar-refractivity contribution in [2.24, 2.45) is 5.92 Å². The molecule has 2 saturated heterocycles. The molecule has 2 aromatic heterocycles. The molecular weight excluding hydrogens is 566 g/mol. The number of pyridine rings is 1. The number of piperazine rings is 1. The van der Waals surface area contributed by atoms with Crippen LogP contribution >= 0.6 is 30.3 Å². The summed E-state index contributed by atoms with van der Waals surface area (Å²) in [7, 11) is 0.123. The number of hydrogen-bond donors (Lipinski definition) is 0. The second-order valence-corrected chi connectivity index (χ2v) is 15.8. The smallest absolute Gasteiger partial charge is 0.225 e. The number of hydrogen-bond acceptors (Lipinski definition) is 8. The number of likely N-dealkylation sites (tertiary alicyclic amines) is 1. The van der Waals surface area contributed by atoms with Crippen molar-refractivity contribution in [3.8, 4) is 22.9 Å². The van der Waals surface area contributed by atoms with Gasteiger partial charge in [0.25, 0.3) is 0 Å². The minimum absolute atomic E-state index is 0.465. The predicted molar refractivity (Wildman–Crippen MR) is 164 cm³/mol. The molecule has 0 unspecified atom stereocenters. The zero-order valence-electron chi connectivity index (χ0n) is 23.4. The third-order valence-corrected chi connectivity index (χ3v) is 9.29. The Morgan fingerprint density at radius 2 is 1.57 bits per heavy atom. The summed E-state index contributed by atoms with van der Waals surface area (Å²) in [5, 5.41) is 1.10. The molecule has 2 fully saturated rings. The van der Waals surface area contributed by atoms with E-state index in [4.69, 9.17) is 32.9 Å². The van der Waals surface area contributed by atoms with E-state index in [-0.39, 0.29) is 0 Å². The van der Waals surface area contributed by atoms with Crippen molar-refractivity contribution in [2.45, 2.75) is 19.4 Å². The van der Waals surface area contributed by atoms with Gasteiger partial charge in [-0.2, -0.15) is 0 Å². The van der Waals surface area contributed by atoms with Gasteiger partial charge in [0, 0.05) is 60.6 Å². The first-order valence-corrected chi connectivity index (χ1v) is 17.3. The molecule has 11 heteroatoms. The van der Waals surface area contributed by atoms with Crippen LogP contribution in [0.3, 0.4) is 0 Å². The number of likely N-dealkylation sites (N-methyl/N-ethyl adjacent to an activating group) is 1. The average Bonchev–Trinajstić information content (AvgIpc) is 2.89. The van der Waals surface area contributed by atoms with Crippen LogP contribution in [0.5, 0.6) is 11.6 Å². The molecule has 0 radical (unpaired) electrons. The monoisotopic (exact) mass is 602 g/mol. The molecule has 0 amide bonds. The molecule has 5 rings (SSSR count). The van der Waals surface area contributed by atoms with Gasteiger partial charge in [0.1, 0.15) is 0 Å². The average molecular weight is 604 g/mol. The van der Waals surface area contributed by atoms with Crippen LogP contribution in [0.4, 0.5) is 5.95 Å². The second kappa shape index (κ2) is 12.7. The van der Waals surface area contributed by atoms with Gasteiger partial charge in [-0.25, -0.2) is 15.0 Å². The molecule has 0 spiro atoms. The highest BCUT2D eigenvalue weighted by Crippen LogP contribution is 2.41. The maximum absolute atomic E-state index is 12.3. The molecule has 0 atom stereocenters. The van der Waals surface area contributed by atoms with Crippen molar-refractivity contribution in [1.82, 2.24) is 24.8 Å². The molecular formula is C29H37Cl2N6O2P. The van der Waals surface area contributed by atoms with Gasteiger partial charge >= 0.3 is 0 Å². The third kappa shape index (κ3) is 8.17. The minimum Gasteiger partial charge on any atom is -0.436 e. The highest BCUT2D eigenvalue weighted by atomic mass is 35.5. The van der Waals surface area contributed by atoms with Gasteiger partial charge in [-0.3, -0.25) is 4.90 Å². The molecule has 2 aliphatic heterocycles. The molecule has 40 heavy (non-hydrogen) atoms. The lowest BCUT2D eigenvalue weighted by Crippen LogP contribution is -2.45. The van der Waals surface area contributed by atoms with Gasteiger partial charge in [-0.15, -0.1) is 0 Å². The predicted octanol–water partition coefficient (Wildman–Crippen LogP) is 6.22. The summed E-state index contributed by atoms with van der Waals surface area (Å²) in [5.74, 6) is 2.24. The van der Waals surface area contributed by atoms with Crippen molar-refractivity contribution in [1.29, 1.82) is 0 Å². The normalized spacial score (nSPS) is 17.8. The van der Waals surface area contributed by atoms with Crippen LogP contribution in [0.25, 0.3) is 11.3 Å². The molecule has 0 aliphatic carbocycles. The highest BCUT2D eigenvalue weighted by Gasteiger charge is 2.24. The number of ether oxygens (including phenoxy) is 1. The molecule has 0 saturated carbocycles. The van der Waals surface area contributed by atoms with E-state index >= 15 is 0 Å². The lowest BCUT2D eigenvalue weighted by Gasteiger charge is -2.32. The number of benzene rings is 1. The third-order valence-electron chi connectivity index (χ3n) is 7.45. The van der Waals surface area contributed by atoms with Gasteiger partial charge in [0.05, 0.1) is 25.2 Å². The summed E-state index contributed by atoms with van der Waals surface area (Å²) in [5.41, 5.74) is 2.65. The first-order chi connectivity index (χ1) is 19.1. The number of nitrogens with zero attached hydrogens (tertiary/aromatic N) is 6. The summed E-state index contributed by atoms with van der Waals surface area (Å²) < 4.78 is 18.5. The van der Waals surface area contributed by atoms with Crippen molar-refractivity contribution < 1.29 is 9.30 Å². The SMILES string of the molecule is CN1CCN(c2ncc(Oc3cc(CN4CCC(CP(C)(C)=O)CC4)cc(-c4cc(Cl)cc(Cl)c4)n3)cn2)CC1. The lowest BCUT2D eigenvalue weighted by atomic mass is 9.98. The van der Waals surface area contributed by atoms with Crippen molar-refractivity contribution >= 4 is 36.3 Å². The maximum Gasteiger partial charge on any atom is 0.225 e. The van der Waals surface area contributed by atoms with Crippen LogP contribution in [0.15, 0.2) is 42.7 Å². The van der Waals surface area contributed by atoms with E-state index in [1.165, 1.54) is 0 Å². The van der Waals surface area contributed by atoms with Crippen LogP contribution in [-0.4, -0.2) is 90.6 Å². The van der Waals surface area contributed by atoms with Crippen LogP contribution in [0, 0.1) is 5.92 Å². The van der Waals surface area contributed by atoms with Crippen LogP contribution in [-0.2, 0) is 11.1 Å². The Hall–Kier alpha value is -2.22. The Bertz CT molecular complexity index is 1330. The van der Waals surface area contributed by atoms with E-state index in [0.717, 1.165) is 81.6 Å². The molecule has 214 valence electrons. The topological polar surface area (TPSA) is 74.7 Å². The fourth-order valence-corrected chi connectivity index (χ4v) is 7.55. The fourth-order valence-electron chi connectivity index (χ4n) is 5.41. The van der Waals surface area contributed by atoms with Gasteiger partial charge in [0.15, 0.2) is 5.75 Å². The summed E-state index contributed by atoms with van der Waals surface area (Å²) in [4.78, 5) is 20.8. The van der Waals surface area contributed by atoms with E-state index < -0.39 is 7.14 Å². The standard InChI is InChI=1S/C29H37Cl2N6O2P/c1-35-8-10-37(11-9-35)29-32-17-26(18-33-29)39-28-13-22(12-27(34-28)23-14-24(30)16-25(31)15-23)19-36-6-4-21(5-7-36)20-40(2,3)38/h12-18,21H,4-11,19-20H2,1-3H3. The van der Waals surface area contributed by atoms with Crippen molar-refractivity contribution in [3.63, 3.8) is 0 Å². The minimum atomic E-state index is -2.00. The fraction of sp³-hybridized carbons (Fsp3) is 0.483. The molecule has 2 aliphatic rings. The molecule has 4 heterocycles. The number of piperidine rings is 1. The maximum atomic E-state index is 12.3. The Labute approximate surface area is 247 Å². The lowest BCUT2D eigenvalue weighted by molar-refractivity contribution is 0.186. The van der Waals surface area contributed by atoms with Gasteiger partial charge < -0.3 is 19.1 Å². The number of aromatic nitrogens is 3. The Kier molecular flexibility index (Phi) is 9.33. The van der Waals surface area contributed by atoms with E-state index in [2.05, 4.69) is 37.8 Å². The summed E-state index contributed by atoms with van der Waals surface area (Å²) in [6.45, 7) is 10.3. The first-order valence-electron chi connectivity index (χ1n) is 13.8. The number of anilines is 1. The van der Waals surface area contributed by atoms with Crippen LogP contribution in [0.1, 0.15) is 18.4 Å². The molecule has 0 N–H and O–H groups in total. The van der Waals surface area contributed by atoms with E-state index in [9.17, 15) is 4.57 Å². The summed E-state index contributed by atoms with van der Waals surface area (Å²) in [6, 6.07) is 9.47.